The molecule has 6 nitrogen and oxygen atoms in total. The predicted octanol–water partition coefficient (Wildman–Crippen LogP) is 4.75. The van der Waals surface area contributed by atoms with E-state index in [0.717, 1.165) is 10.5 Å². The Morgan fingerprint density at radius 2 is 1.71 bits per heavy atom. The first-order valence-corrected chi connectivity index (χ1v) is 9.48. The average Bonchev–Trinajstić information content (AvgIpc) is 2.86. The molecule has 1 fully saturated rings. The van der Waals surface area contributed by atoms with Crippen LogP contribution < -0.4 is 10.2 Å². The maximum Gasteiger partial charge on any atom is 0.332 e. The monoisotopic (exact) mass is 439 g/mol. The van der Waals surface area contributed by atoms with E-state index in [9.17, 15) is 14.4 Å². The van der Waals surface area contributed by atoms with Crippen molar-refractivity contribution >= 4 is 64.0 Å². The lowest BCUT2D eigenvalue weighted by atomic mass is 10.2. The Morgan fingerprint density at radius 3 is 2.36 bits per heavy atom. The first-order valence-electron chi connectivity index (χ1n) is 8.35. The lowest BCUT2D eigenvalue weighted by Gasteiger charge is -2.19. The second-order valence-corrected chi connectivity index (χ2v) is 7.55. The van der Waals surface area contributed by atoms with Gasteiger partial charge in [0.1, 0.15) is 12.6 Å². The molecule has 0 unspecified atom stereocenters. The van der Waals surface area contributed by atoms with Gasteiger partial charge in [0.05, 0.1) is 15.7 Å². The fourth-order valence-corrected chi connectivity index (χ4v) is 3.49. The molecule has 0 aliphatic carbocycles. The molecule has 0 radical (unpaired) electrons. The number of hydrogen-bond acceptors (Lipinski definition) is 3. The molecule has 0 bridgehead atoms. The summed E-state index contributed by atoms with van der Waals surface area (Å²) in [5.41, 5.74) is 1.50. The van der Waals surface area contributed by atoms with Crippen LogP contribution in [-0.2, 0) is 9.59 Å². The van der Waals surface area contributed by atoms with Gasteiger partial charge in [0.15, 0.2) is 0 Å². The zero-order valence-corrected chi connectivity index (χ0v) is 17.3. The number of rotatable bonds is 4. The van der Waals surface area contributed by atoms with E-state index in [1.54, 1.807) is 50.2 Å². The molecule has 2 aromatic carbocycles. The third kappa shape index (κ3) is 3.81. The highest BCUT2D eigenvalue weighted by atomic mass is 35.5. The quantitative estimate of drug-likeness (QED) is 0.697. The van der Waals surface area contributed by atoms with Gasteiger partial charge in [-0.15, -0.1) is 0 Å². The largest absolute Gasteiger partial charge is 0.332 e. The Labute approximate surface area is 177 Å². The highest BCUT2D eigenvalue weighted by Crippen LogP contribution is 2.33. The number of benzene rings is 2. The number of aryl methyl sites for hydroxylation is 1. The number of urea groups is 1. The van der Waals surface area contributed by atoms with E-state index in [1.807, 2.05) is 0 Å². The van der Waals surface area contributed by atoms with Crippen LogP contribution >= 0.6 is 34.8 Å². The molecule has 1 heterocycles. The third-order valence-electron chi connectivity index (χ3n) is 4.40. The van der Waals surface area contributed by atoms with Crippen LogP contribution in [0.3, 0.4) is 0 Å². The molecular formula is C19H16Cl3N3O3. The SMILES string of the molecule is Cc1ccc(Cl)c(NC(=O)CN2C(=O)[C@H](C)N(c3ccc(Cl)cc3)C2=O)c1Cl. The molecule has 9 heteroatoms. The van der Waals surface area contributed by atoms with Gasteiger partial charge in [-0.05, 0) is 49.7 Å². The Hall–Kier alpha value is -2.28. The van der Waals surface area contributed by atoms with Crippen molar-refractivity contribution in [1.82, 2.24) is 4.90 Å². The van der Waals surface area contributed by atoms with E-state index in [4.69, 9.17) is 34.8 Å². The lowest BCUT2D eigenvalue weighted by Crippen LogP contribution is -2.39. The van der Waals surface area contributed by atoms with Crippen LogP contribution in [-0.4, -0.2) is 35.3 Å². The molecular weight excluding hydrogens is 425 g/mol. The maximum atomic E-state index is 12.8. The number of halogens is 3. The fourth-order valence-electron chi connectivity index (χ4n) is 2.90. The zero-order valence-electron chi connectivity index (χ0n) is 15.0. The van der Waals surface area contributed by atoms with Crippen molar-refractivity contribution in [3.8, 4) is 0 Å². The summed E-state index contributed by atoms with van der Waals surface area (Å²) in [5, 5.41) is 3.66. The number of nitrogens with one attached hydrogen (secondary N) is 1. The minimum atomic E-state index is -0.743. The number of carbonyl (C=O) groups is 3. The van der Waals surface area contributed by atoms with Gasteiger partial charge in [-0.2, -0.15) is 0 Å². The molecule has 3 rings (SSSR count). The predicted molar refractivity (Wildman–Crippen MR) is 110 cm³/mol. The van der Waals surface area contributed by atoms with Crippen molar-refractivity contribution in [3.05, 3.63) is 57.0 Å². The van der Waals surface area contributed by atoms with Gasteiger partial charge < -0.3 is 5.32 Å². The summed E-state index contributed by atoms with van der Waals surface area (Å²) < 4.78 is 0. The number of hydrogen-bond donors (Lipinski definition) is 1. The summed E-state index contributed by atoms with van der Waals surface area (Å²) in [5.74, 6) is -1.06. The van der Waals surface area contributed by atoms with Crippen LogP contribution in [0.5, 0.6) is 0 Å². The van der Waals surface area contributed by atoms with Crippen molar-refractivity contribution in [2.45, 2.75) is 19.9 Å². The van der Waals surface area contributed by atoms with Crippen molar-refractivity contribution in [2.24, 2.45) is 0 Å². The Balaban J connectivity index is 1.78. The molecule has 1 N–H and O–H groups in total. The topological polar surface area (TPSA) is 69.7 Å². The molecule has 28 heavy (non-hydrogen) atoms. The molecule has 1 aliphatic heterocycles. The van der Waals surface area contributed by atoms with E-state index >= 15 is 0 Å². The van der Waals surface area contributed by atoms with Gasteiger partial charge in [0.2, 0.25) is 5.91 Å². The minimum absolute atomic E-state index is 0.245. The van der Waals surface area contributed by atoms with Crippen molar-refractivity contribution in [3.63, 3.8) is 0 Å². The molecule has 4 amide bonds. The average molecular weight is 441 g/mol. The van der Waals surface area contributed by atoms with Gasteiger partial charge >= 0.3 is 6.03 Å². The van der Waals surface area contributed by atoms with E-state index in [-0.39, 0.29) is 10.7 Å². The van der Waals surface area contributed by atoms with E-state index in [0.29, 0.717) is 15.7 Å². The molecule has 2 aromatic rings. The second kappa shape index (κ2) is 7.99. The summed E-state index contributed by atoms with van der Waals surface area (Å²) in [7, 11) is 0. The standard InChI is InChI=1S/C19H16Cl3N3O3/c1-10-3-8-14(21)17(16(10)22)23-15(26)9-24-18(27)11(2)25(19(24)28)13-6-4-12(20)5-7-13/h3-8,11H,9H2,1-2H3,(H,23,26)/t11-/m0/s1. The Bertz CT molecular complexity index is 963. The van der Waals surface area contributed by atoms with Gasteiger partial charge in [-0.3, -0.25) is 19.4 Å². The molecule has 1 atom stereocenters. The third-order valence-corrected chi connectivity index (χ3v) is 5.46. The summed E-state index contributed by atoms with van der Waals surface area (Å²) >= 11 is 18.2. The molecule has 146 valence electrons. The highest BCUT2D eigenvalue weighted by Gasteiger charge is 2.44. The highest BCUT2D eigenvalue weighted by molar-refractivity contribution is 6.40. The van der Waals surface area contributed by atoms with Gasteiger partial charge in [0.25, 0.3) is 5.91 Å². The van der Waals surface area contributed by atoms with Crippen LogP contribution in [0.4, 0.5) is 16.2 Å². The zero-order chi connectivity index (χ0) is 20.6. The summed E-state index contributed by atoms with van der Waals surface area (Å²) in [4.78, 5) is 40.0. The van der Waals surface area contributed by atoms with E-state index in [2.05, 4.69) is 5.32 Å². The van der Waals surface area contributed by atoms with Crippen molar-refractivity contribution in [1.29, 1.82) is 0 Å². The normalized spacial score (nSPS) is 16.7. The molecule has 0 aromatic heterocycles. The number of amides is 4. The van der Waals surface area contributed by atoms with Crippen LogP contribution in [0, 0.1) is 6.92 Å². The first kappa shape index (κ1) is 20.5. The van der Waals surface area contributed by atoms with Gasteiger partial charge in [0, 0.05) is 10.7 Å². The lowest BCUT2D eigenvalue weighted by molar-refractivity contribution is -0.130. The van der Waals surface area contributed by atoms with Crippen molar-refractivity contribution in [2.75, 3.05) is 16.8 Å². The number of anilines is 2. The number of nitrogens with zero attached hydrogens (tertiary/aromatic N) is 2. The van der Waals surface area contributed by atoms with Gasteiger partial charge in [-0.1, -0.05) is 40.9 Å². The molecule has 0 saturated carbocycles. The summed E-state index contributed by atoms with van der Waals surface area (Å²) in [6, 6.07) is 8.52. The number of imide groups is 1. The van der Waals surface area contributed by atoms with Gasteiger partial charge in [-0.25, -0.2) is 4.79 Å². The van der Waals surface area contributed by atoms with Crippen LogP contribution in [0.25, 0.3) is 0 Å². The number of carbonyl (C=O) groups excluding carboxylic acids is 3. The maximum absolute atomic E-state index is 12.8. The molecule has 1 saturated heterocycles. The van der Waals surface area contributed by atoms with E-state index in [1.165, 1.54) is 4.90 Å². The first-order chi connectivity index (χ1) is 13.2. The van der Waals surface area contributed by atoms with Crippen LogP contribution in [0.2, 0.25) is 15.1 Å². The van der Waals surface area contributed by atoms with Crippen LogP contribution in [0.1, 0.15) is 12.5 Å². The van der Waals surface area contributed by atoms with E-state index < -0.39 is 30.4 Å². The Kier molecular flexibility index (Phi) is 5.84. The minimum Gasteiger partial charge on any atom is -0.322 e. The molecule has 1 aliphatic rings. The molecule has 0 spiro atoms. The summed E-state index contributed by atoms with van der Waals surface area (Å²) in [6.07, 6.45) is 0. The van der Waals surface area contributed by atoms with Crippen LogP contribution in [0.15, 0.2) is 36.4 Å². The second-order valence-electron chi connectivity index (χ2n) is 6.33. The summed E-state index contributed by atoms with van der Waals surface area (Å²) in [6.45, 7) is 2.92. The van der Waals surface area contributed by atoms with Crippen molar-refractivity contribution < 1.29 is 14.4 Å². The smallest absolute Gasteiger partial charge is 0.322 e. The Morgan fingerprint density at radius 1 is 1.07 bits per heavy atom. The fraction of sp³-hybridized carbons (Fsp3) is 0.211.